The number of hydrazone groups is 2. The number of carbonyl (C=O) groups excluding carboxylic acids is 2. The summed E-state index contributed by atoms with van der Waals surface area (Å²) in [6.07, 6.45) is 2.76. The normalized spacial score (nSPS) is 11.4. The Bertz CT molecular complexity index is 1200. The van der Waals surface area contributed by atoms with E-state index in [0.29, 0.717) is 0 Å². The third-order valence-electron chi connectivity index (χ3n) is 4.75. The molecule has 6 heteroatoms. The summed E-state index contributed by atoms with van der Waals surface area (Å²) in [5.41, 5.74) is 6.51. The molecule has 4 rings (SSSR count). The van der Waals surface area contributed by atoms with Gasteiger partial charge in [-0.1, -0.05) is 84.9 Å². The van der Waals surface area contributed by atoms with E-state index < -0.39 is 11.8 Å². The molecular weight excluding hydrogens is 388 g/mol. The monoisotopic (exact) mass is 408 g/mol. The van der Waals surface area contributed by atoms with E-state index in [1.165, 1.54) is 0 Å². The Balaban J connectivity index is 1.31. The highest BCUT2D eigenvalue weighted by Crippen LogP contribution is 2.17. The first kappa shape index (κ1) is 20.0. The molecule has 0 aromatic heterocycles. The van der Waals surface area contributed by atoms with E-state index in [9.17, 15) is 9.59 Å². The number of nitrogens with one attached hydrogen (secondary N) is 2. The Morgan fingerprint density at radius 1 is 0.613 bits per heavy atom. The third-order valence-corrected chi connectivity index (χ3v) is 4.75. The third kappa shape index (κ3) is 5.00. The van der Waals surface area contributed by atoms with Gasteiger partial charge in [-0.05, 0) is 21.5 Å². The number of benzene rings is 4. The SMILES string of the molecule is O=C(CC(=O)NN=Cc1cccc2ccccc12)NN=Cc1cccc2ccccc12. The van der Waals surface area contributed by atoms with Crippen molar-refractivity contribution in [3.63, 3.8) is 0 Å². The molecule has 0 saturated heterocycles. The van der Waals surface area contributed by atoms with Gasteiger partial charge in [0.1, 0.15) is 6.42 Å². The molecule has 0 saturated carbocycles. The Morgan fingerprint density at radius 3 is 1.52 bits per heavy atom. The maximum atomic E-state index is 12.0. The molecule has 31 heavy (non-hydrogen) atoms. The van der Waals surface area contributed by atoms with Gasteiger partial charge in [0.15, 0.2) is 0 Å². The molecule has 0 aliphatic carbocycles. The first-order chi connectivity index (χ1) is 15.2. The summed E-state index contributed by atoms with van der Waals surface area (Å²) in [6, 6.07) is 27.5. The van der Waals surface area contributed by atoms with Crippen molar-refractivity contribution in [2.24, 2.45) is 10.2 Å². The summed E-state index contributed by atoms with van der Waals surface area (Å²) in [5.74, 6) is -1.04. The largest absolute Gasteiger partial charge is 0.273 e. The van der Waals surface area contributed by atoms with Gasteiger partial charge < -0.3 is 0 Å². The number of hydrogen-bond donors (Lipinski definition) is 2. The molecule has 152 valence electrons. The van der Waals surface area contributed by atoms with Crippen molar-refractivity contribution in [3.05, 3.63) is 96.1 Å². The second-order valence-corrected chi connectivity index (χ2v) is 6.90. The van der Waals surface area contributed by atoms with Crippen LogP contribution in [0.25, 0.3) is 21.5 Å². The predicted molar refractivity (Wildman–Crippen MR) is 124 cm³/mol. The van der Waals surface area contributed by atoms with Crippen molar-refractivity contribution in [3.8, 4) is 0 Å². The molecule has 0 spiro atoms. The zero-order chi connectivity index (χ0) is 21.5. The molecule has 0 fully saturated rings. The molecule has 0 atom stereocenters. The van der Waals surface area contributed by atoms with Crippen LogP contribution in [0.15, 0.2) is 95.1 Å². The maximum Gasteiger partial charge on any atom is 0.249 e. The fraction of sp³-hybridized carbons (Fsp3) is 0.0400. The van der Waals surface area contributed by atoms with Gasteiger partial charge >= 0.3 is 0 Å². The van der Waals surface area contributed by atoms with Crippen LogP contribution in [0, 0.1) is 0 Å². The summed E-state index contributed by atoms with van der Waals surface area (Å²) in [4.78, 5) is 24.0. The second-order valence-electron chi connectivity index (χ2n) is 6.90. The molecule has 2 amide bonds. The van der Waals surface area contributed by atoms with Crippen molar-refractivity contribution < 1.29 is 9.59 Å². The van der Waals surface area contributed by atoms with E-state index in [1.54, 1.807) is 12.4 Å². The van der Waals surface area contributed by atoms with Crippen molar-refractivity contribution in [2.45, 2.75) is 6.42 Å². The smallest absolute Gasteiger partial charge is 0.249 e. The molecule has 0 aliphatic rings. The zero-order valence-corrected chi connectivity index (χ0v) is 16.7. The molecular formula is C25H20N4O2. The average Bonchev–Trinajstić information content (AvgIpc) is 2.79. The summed E-state index contributed by atoms with van der Waals surface area (Å²) in [5, 5.41) is 12.2. The van der Waals surface area contributed by atoms with E-state index in [0.717, 1.165) is 32.7 Å². The minimum atomic E-state index is -0.519. The highest BCUT2D eigenvalue weighted by atomic mass is 16.2. The van der Waals surface area contributed by atoms with Gasteiger partial charge in [0.05, 0.1) is 12.4 Å². The molecule has 4 aromatic carbocycles. The lowest BCUT2D eigenvalue weighted by atomic mass is 10.1. The van der Waals surface area contributed by atoms with Gasteiger partial charge in [0.2, 0.25) is 11.8 Å². The van der Waals surface area contributed by atoms with Crippen molar-refractivity contribution >= 4 is 45.8 Å². The molecule has 0 aliphatic heterocycles. The van der Waals surface area contributed by atoms with E-state index in [2.05, 4.69) is 21.1 Å². The highest BCUT2D eigenvalue weighted by molar-refractivity contribution is 6.02. The Labute approximate surface area is 179 Å². The van der Waals surface area contributed by atoms with Crippen LogP contribution in [0.3, 0.4) is 0 Å². The summed E-state index contributed by atoms with van der Waals surface area (Å²) in [7, 11) is 0. The van der Waals surface area contributed by atoms with Crippen molar-refractivity contribution in [1.29, 1.82) is 0 Å². The van der Waals surface area contributed by atoms with Crippen LogP contribution in [0.5, 0.6) is 0 Å². The fourth-order valence-corrected chi connectivity index (χ4v) is 3.30. The summed E-state index contributed by atoms with van der Waals surface area (Å²) in [6.45, 7) is 0. The minimum absolute atomic E-state index is 0.375. The van der Waals surface area contributed by atoms with Crippen LogP contribution in [-0.4, -0.2) is 24.2 Å². The topological polar surface area (TPSA) is 82.9 Å². The molecule has 2 N–H and O–H groups in total. The van der Waals surface area contributed by atoms with E-state index in [-0.39, 0.29) is 6.42 Å². The highest BCUT2D eigenvalue weighted by Gasteiger charge is 2.07. The van der Waals surface area contributed by atoms with Gasteiger partial charge in [0.25, 0.3) is 0 Å². The number of carbonyl (C=O) groups is 2. The number of nitrogens with zero attached hydrogens (tertiary/aromatic N) is 2. The van der Waals surface area contributed by atoms with Gasteiger partial charge in [-0.3, -0.25) is 9.59 Å². The van der Waals surface area contributed by atoms with E-state index >= 15 is 0 Å². The lowest BCUT2D eigenvalue weighted by Crippen LogP contribution is -2.27. The number of amides is 2. The quantitative estimate of drug-likeness (QED) is 0.287. The number of rotatable bonds is 6. The standard InChI is InChI=1S/C25H20N4O2/c30-24(28-26-16-20-11-5-9-18-7-1-3-13-22(18)20)15-25(31)29-27-17-21-12-6-10-19-8-2-4-14-23(19)21/h1-14,16-17H,15H2,(H,28,30)(H,29,31). The van der Waals surface area contributed by atoms with Crippen LogP contribution >= 0.6 is 0 Å². The van der Waals surface area contributed by atoms with E-state index in [4.69, 9.17) is 0 Å². The predicted octanol–water partition coefficient (Wildman–Crippen LogP) is 3.98. The minimum Gasteiger partial charge on any atom is -0.273 e. The van der Waals surface area contributed by atoms with Gasteiger partial charge in [-0.25, -0.2) is 10.9 Å². The molecule has 6 nitrogen and oxygen atoms in total. The number of fused-ring (bicyclic) bond motifs is 2. The molecule has 0 radical (unpaired) electrons. The Kier molecular flexibility index (Phi) is 6.09. The number of hydrogen-bond acceptors (Lipinski definition) is 4. The zero-order valence-electron chi connectivity index (χ0n) is 16.7. The molecule has 0 unspecified atom stereocenters. The van der Waals surface area contributed by atoms with Crippen LogP contribution in [0.1, 0.15) is 17.5 Å². The fourth-order valence-electron chi connectivity index (χ4n) is 3.30. The van der Waals surface area contributed by atoms with Gasteiger partial charge in [-0.2, -0.15) is 10.2 Å². The van der Waals surface area contributed by atoms with Crippen LogP contribution < -0.4 is 10.9 Å². The first-order valence-corrected chi connectivity index (χ1v) is 9.80. The van der Waals surface area contributed by atoms with Crippen LogP contribution in [-0.2, 0) is 9.59 Å². The summed E-state index contributed by atoms with van der Waals surface area (Å²) >= 11 is 0. The van der Waals surface area contributed by atoms with E-state index in [1.807, 2.05) is 84.9 Å². The van der Waals surface area contributed by atoms with Gasteiger partial charge in [0, 0.05) is 11.1 Å². The lowest BCUT2D eigenvalue weighted by Gasteiger charge is -2.03. The van der Waals surface area contributed by atoms with Gasteiger partial charge in [-0.15, -0.1) is 0 Å². The lowest BCUT2D eigenvalue weighted by molar-refractivity contribution is -0.129. The average molecular weight is 408 g/mol. The second kappa shape index (κ2) is 9.45. The van der Waals surface area contributed by atoms with Crippen molar-refractivity contribution in [1.82, 2.24) is 10.9 Å². The van der Waals surface area contributed by atoms with Crippen LogP contribution in [0.4, 0.5) is 0 Å². The molecule has 4 aromatic rings. The molecule has 0 heterocycles. The maximum absolute atomic E-state index is 12.0. The van der Waals surface area contributed by atoms with Crippen LogP contribution in [0.2, 0.25) is 0 Å². The molecule has 0 bridgehead atoms. The summed E-state index contributed by atoms with van der Waals surface area (Å²) < 4.78 is 0. The Morgan fingerprint density at radius 2 is 1.03 bits per heavy atom. The first-order valence-electron chi connectivity index (χ1n) is 9.80. The Hall–Kier alpha value is -4.32. The van der Waals surface area contributed by atoms with Crippen molar-refractivity contribution in [2.75, 3.05) is 0 Å².